The standard InChI is InChI=1S/C8H11N3O2/c1-5(2)6-4-9-7(11-10-6)3-8(12)13/h4-5H,3H2,1-2H3,(H,12,13). The van der Waals surface area contributed by atoms with Gasteiger partial charge in [0.1, 0.15) is 6.42 Å². The van der Waals surface area contributed by atoms with Crippen LogP contribution in [0.1, 0.15) is 31.3 Å². The number of aliphatic carboxylic acids is 1. The van der Waals surface area contributed by atoms with E-state index in [1.807, 2.05) is 13.8 Å². The van der Waals surface area contributed by atoms with Gasteiger partial charge >= 0.3 is 5.97 Å². The van der Waals surface area contributed by atoms with Gasteiger partial charge in [-0.2, -0.15) is 5.10 Å². The minimum absolute atomic E-state index is 0.175. The zero-order valence-electron chi connectivity index (χ0n) is 7.56. The fourth-order valence-corrected chi connectivity index (χ4v) is 0.789. The summed E-state index contributed by atoms with van der Waals surface area (Å²) in [5.74, 6) is -0.435. The molecule has 0 atom stereocenters. The Kier molecular flexibility index (Phi) is 2.89. The van der Waals surface area contributed by atoms with Crippen LogP contribution in [0.25, 0.3) is 0 Å². The first-order valence-corrected chi connectivity index (χ1v) is 4.00. The highest BCUT2D eigenvalue weighted by Crippen LogP contribution is 2.07. The van der Waals surface area contributed by atoms with Gasteiger partial charge in [0.05, 0.1) is 11.9 Å². The third-order valence-corrected chi connectivity index (χ3v) is 1.53. The van der Waals surface area contributed by atoms with Crippen LogP contribution < -0.4 is 0 Å². The lowest BCUT2D eigenvalue weighted by Gasteiger charge is -2.01. The highest BCUT2D eigenvalue weighted by molar-refractivity contribution is 5.68. The van der Waals surface area contributed by atoms with Gasteiger partial charge in [-0.3, -0.25) is 4.79 Å². The van der Waals surface area contributed by atoms with Crippen molar-refractivity contribution < 1.29 is 9.90 Å². The number of rotatable bonds is 3. The van der Waals surface area contributed by atoms with E-state index in [9.17, 15) is 4.79 Å². The van der Waals surface area contributed by atoms with Crippen LogP contribution in [0.4, 0.5) is 0 Å². The molecule has 0 amide bonds. The lowest BCUT2D eigenvalue weighted by atomic mass is 10.1. The maximum atomic E-state index is 10.3. The molecule has 0 aliphatic carbocycles. The Morgan fingerprint density at radius 3 is 2.62 bits per heavy atom. The Hall–Kier alpha value is -1.52. The molecule has 5 heteroatoms. The van der Waals surface area contributed by atoms with Gasteiger partial charge in [0.2, 0.25) is 0 Å². The van der Waals surface area contributed by atoms with E-state index in [1.165, 1.54) is 0 Å². The van der Waals surface area contributed by atoms with Crippen molar-refractivity contribution in [1.82, 2.24) is 15.2 Å². The lowest BCUT2D eigenvalue weighted by Crippen LogP contribution is -2.07. The van der Waals surface area contributed by atoms with Crippen LogP contribution in [0.5, 0.6) is 0 Å². The molecule has 0 aliphatic heterocycles. The van der Waals surface area contributed by atoms with Crippen molar-refractivity contribution in [2.24, 2.45) is 0 Å². The molecule has 1 N–H and O–H groups in total. The molecule has 0 aliphatic rings. The van der Waals surface area contributed by atoms with Gasteiger partial charge < -0.3 is 5.11 Å². The Morgan fingerprint density at radius 2 is 2.23 bits per heavy atom. The topological polar surface area (TPSA) is 76.0 Å². The summed E-state index contributed by atoms with van der Waals surface area (Å²) in [4.78, 5) is 14.2. The molecular formula is C8H11N3O2. The van der Waals surface area contributed by atoms with Crippen LogP contribution in [0.3, 0.4) is 0 Å². The van der Waals surface area contributed by atoms with Crippen molar-refractivity contribution in [3.8, 4) is 0 Å². The average Bonchev–Trinajstić information content (AvgIpc) is 2.04. The van der Waals surface area contributed by atoms with E-state index in [2.05, 4.69) is 15.2 Å². The zero-order valence-corrected chi connectivity index (χ0v) is 7.56. The first kappa shape index (κ1) is 9.57. The quantitative estimate of drug-likeness (QED) is 0.739. The van der Waals surface area contributed by atoms with Gasteiger partial charge in [0.15, 0.2) is 5.82 Å². The van der Waals surface area contributed by atoms with Gasteiger partial charge in [0.25, 0.3) is 0 Å². The largest absolute Gasteiger partial charge is 0.481 e. The van der Waals surface area contributed by atoms with Crippen molar-refractivity contribution in [3.63, 3.8) is 0 Å². The summed E-state index contributed by atoms with van der Waals surface area (Å²) in [7, 11) is 0. The molecule has 0 saturated heterocycles. The van der Waals surface area contributed by atoms with Crippen molar-refractivity contribution >= 4 is 5.97 Å². The summed E-state index contributed by atoms with van der Waals surface area (Å²) < 4.78 is 0. The molecule has 0 radical (unpaired) electrons. The van der Waals surface area contributed by atoms with Crippen LogP contribution in [0.15, 0.2) is 6.20 Å². The van der Waals surface area contributed by atoms with Gasteiger partial charge in [0, 0.05) is 0 Å². The Labute approximate surface area is 75.8 Å². The first-order valence-electron chi connectivity index (χ1n) is 4.00. The molecule has 1 aromatic rings. The summed E-state index contributed by atoms with van der Waals surface area (Å²) in [6, 6.07) is 0. The van der Waals surface area contributed by atoms with Crippen LogP contribution in [-0.4, -0.2) is 26.3 Å². The molecular weight excluding hydrogens is 170 g/mol. The Morgan fingerprint density at radius 1 is 1.54 bits per heavy atom. The maximum absolute atomic E-state index is 10.3. The maximum Gasteiger partial charge on any atom is 0.311 e. The second kappa shape index (κ2) is 3.93. The third kappa shape index (κ3) is 2.77. The van der Waals surface area contributed by atoms with Crippen molar-refractivity contribution in [2.45, 2.75) is 26.2 Å². The van der Waals surface area contributed by atoms with Gasteiger partial charge in [-0.25, -0.2) is 4.98 Å². The molecule has 0 bridgehead atoms. The van der Waals surface area contributed by atoms with Crippen molar-refractivity contribution in [3.05, 3.63) is 17.7 Å². The van der Waals surface area contributed by atoms with Crippen molar-refractivity contribution in [2.75, 3.05) is 0 Å². The number of carbonyl (C=O) groups is 1. The van der Waals surface area contributed by atoms with Crippen molar-refractivity contribution in [1.29, 1.82) is 0 Å². The van der Waals surface area contributed by atoms with E-state index in [4.69, 9.17) is 5.11 Å². The predicted octanol–water partition coefficient (Wildman–Crippen LogP) is 0.622. The summed E-state index contributed by atoms with van der Waals surface area (Å²) in [6.45, 7) is 3.95. The molecule has 0 fully saturated rings. The average molecular weight is 181 g/mol. The second-order valence-corrected chi connectivity index (χ2v) is 3.02. The minimum Gasteiger partial charge on any atom is -0.481 e. The van der Waals surface area contributed by atoms with E-state index in [-0.39, 0.29) is 18.2 Å². The molecule has 0 aromatic carbocycles. The molecule has 13 heavy (non-hydrogen) atoms. The minimum atomic E-state index is -0.945. The van der Waals surface area contributed by atoms with Crippen LogP contribution in [0, 0.1) is 0 Å². The summed E-state index contributed by atoms with van der Waals surface area (Å²) in [6.07, 6.45) is 1.39. The number of aromatic nitrogens is 3. The lowest BCUT2D eigenvalue weighted by molar-refractivity contribution is -0.136. The number of carboxylic acids is 1. The number of hydrogen-bond acceptors (Lipinski definition) is 4. The monoisotopic (exact) mass is 181 g/mol. The highest BCUT2D eigenvalue weighted by atomic mass is 16.4. The third-order valence-electron chi connectivity index (χ3n) is 1.53. The summed E-state index contributed by atoms with van der Waals surface area (Å²) in [5.41, 5.74) is 0.772. The molecule has 0 spiro atoms. The SMILES string of the molecule is CC(C)c1cnc(CC(=O)O)nn1. The number of carboxylic acid groups (broad SMARTS) is 1. The summed E-state index contributed by atoms with van der Waals surface area (Å²) >= 11 is 0. The Bertz CT molecular complexity index is 295. The van der Waals surface area contributed by atoms with Crippen LogP contribution in [-0.2, 0) is 11.2 Å². The van der Waals surface area contributed by atoms with E-state index >= 15 is 0 Å². The first-order chi connectivity index (χ1) is 6.09. The fraction of sp³-hybridized carbons (Fsp3) is 0.500. The molecule has 1 rings (SSSR count). The predicted molar refractivity (Wildman–Crippen MR) is 45.3 cm³/mol. The molecule has 1 heterocycles. The van der Waals surface area contributed by atoms with Crippen LogP contribution in [0.2, 0.25) is 0 Å². The highest BCUT2D eigenvalue weighted by Gasteiger charge is 2.06. The Balaban J connectivity index is 2.75. The van der Waals surface area contributed by atoms with E-state index < -0.39 is 5.97 Å². The molecule has 70 valence electrons. The van der Waals surface area contributed by atoms with E-state index in [0.29, 0.717) is 0 Å². The zero-order chi connectivity index (χ0) is 9.84. The summed E-state index contributed by atoms with van der Waals surface area (Å²) in [5, 5.41) is 16.0. The van der Waals surface area contributed by atoms with E-state index in [0.717, 1.165) is 5.69 Å². The van der Waals surface area contributed by atoms with E-state index in [1.54, 1.807) is 6.20 Å². The smallest absolute Gasteiger partial charge is 0.311 e. The van der Waals surface area contributed by atoms with Gasteiger partial charge in [-0.05, 0) is 5.92 Å². The molecule has 0 saturated carbocycles. The molecule has 0 unspecified atom stereocenters. The van der Waals surface area contributed by atoms with Gasteiger partial charge in [-0.15, -0.1) is 5.10 Å². The second-order valence-electron chi connectivity index (χ2n) is 3.02. The fourth-order valence-electron chi connectivity index (χ4n) is 0.789. The number of nitrogens with zero attached hydrogens (tertiary/aromatic N) is 3. The molecule has 1 aromatic heterocycles. The van der Waals surface area contributed by atoms with Crippen LogP contribution >= 0.6 is 0 Å². The molecule has 5 nitrogen and oxygen atoms in total. The normalized spacial score (nSPS) is 10.4. The van der Waals surface area contributed by atoms with Gasteiger partial charge in [-0.1, -0.05) is 13.8 Å². The number of hydrogen-bond donors (Lipinski definition) is 1.